The molecule has 1 amide bonds. The fourth-order valence-corrected chi connectivity index (χ4v) is 2.46. The Balaban J connectivity index is 1.75. The van der Waals surface area contributed by atoms with Crippen molar-refractivity contribution in [3.63, 3.8) is 0 Å². The first-order valence-corrected chi connectivity index (χ1v) is 7.38. The number of aryl methyl sites for hydroxylation is 1. The molecule has 0 atom stereocenters. The maximum absolute atomic E-state index is 12.1. The molecule has 3 aromatic rings. The molecule has 0 aliphatic carbocycles. The van der Waals surface area contributed by atoms with E-state index in [0.29, 0.717) is 0 Å². The molecule has 0 spiro atoms. The van der Waals surface area contributed by atoms with E-state index in [9.17, 15) is 4.79 Å². The van der Waals surface area contributed by atoms with Gasteiger partial charge in [0.1, 0.15) is 6.54 Å². The predicted molar refractivity (Wildman–Crippen MR) is 87.2 cm³/mol. The molecule has 1 heterocycles. The number of carbonyl (C=O) groups is 1. The molecule has 1 N–H and O–H groups in total. The Hall–Kier alpha value is -2.14. The third kappa shape index (κ3) is 2.97. The second-order valence-corrected chi connectivity index (χ2v) is 5.73. The molecular formula is C16H14BrN3O. The summed E-state index contributed by atoms with van der Waals surface area (Å²) in [5.41, 5.74) is 3.73. The van der Waals surface area contributed by atoms with Crippen LogP contribution in [-0.2, 0) is 11.3 Å². The lowest BCUT2D eigenvalue weighted by Crippen LogP contribution is -2.18. The monoisotopic (exact) mass is 343 g/mol. The second-order valence-electron chi connectivity index (χ2n) is 4.87. The summed E-state index contributed by atoms with van der Waals surface area (Å²) >= 11 is 3.45. The van der Waals surface area contributed by atoms with Gasteiger partial charge < -0.3 is 9.88 Å². The number of carbonyl (C=O) groups excluding carboxylic acids is 1. The van der Waals surface area contributed by atoms with Crippen molar-refractivity contribution < 1.29 is 4.79 Å². The highest BCUT2D eigenvalue weighted by Crippen LogP contribution is 2.20. The van der Waals surface area contributed by atoms with Gasteiger partial charge in [0.2, 0.25) is 5.91 Å². The fourth-order valence-electron chi connectivity index (χ4n) is 2.21. The summed E-state index contributed by atoms with van der Waals surface area (Å²) in [6.07, 6.45) is 1.69. The number of nitrogens with zero attached hydrogens (tertiary/aromatic N) is 2. The molecule has 2 aromatic carbocycles. The molecule has 5 heteroatoms. The summed E-state index contributed by atoms with van der Waals surface area (Å²) in [6, 6.07) is 13.5. The van der Waals surface area contributed by atoms with Crippen LogP contribution in [0.15, 0.2) is 53.3 Å². The number of benzene rings is 2. The predicted octanol–water partition coefficient (Wildman–Crippen LogP) is 3.75. The van der Waals surface area contributed by atoms with Crippen LogP contribution in [0.1, 0.15) is 5.56 Å². The number of anilines is 1. The molecule has 0 saturated heterocycles. The number of hydrogen-bond donors (Lipinski definition) is 1. The number of para-hydroxylation sites is 2. The van der Waals surface area contributed by atoms with E-state index in [1.54, 1.807) is 6.33 Å². The van der Waals surface area contributed by atoms with Crippen LogP contribution < -0.4 is 5.32 Å². The number of amides is 1. The van der Waals surface area contributed by atoms with Gasteiger partial charge in [-0.25, -0.2) is 4.98 Å². The maximum Gasteiger partial charge on any atom is 0.244 e. The van der Waals surface area contributed by atoms with Crippen molar-refractivity contribution in [2.24, 2.45) is 0 Å². The normalized spacial score (nSPS) is 10.8. The van der Waals surface area contributed by atoms with Crippen molar-refractivity contribution in [2.45, 2.75) is 13.5 Å². The minimum absolute atomic E-state index is 0.0696. The number of nitrogens with one attached hydrogen (secondary N) is 1. The minimum atomic E-state index is -0.0696. The van der Waals surface area contributed by atoms with E-state index in [2.05, 4.69) is 26.2 Å². The number of aromatic nitrogens is 2. The van der Waals surface area contributed by atoms with Crippen LogP contribution in [0.5, 0.6) is 0 Å². The van der Waals surface area contributed by atoms with Crippen molar-refractivity contribution in [1.29, 1.82) is 0 Å². The van der Waals surface area contributed by atoms with Crippen molar-refractivity contribution >= 4 is 38.6 Å². The molecule has 106 valence electrons. The number of imidazole rings is 1. The van der Waals surface area contributed by atoms with E-state index in [0.717, 1.165) is 26.8 Å². The van der Waals surface area contributed by atoms with Gasteiger partial charge in [-0.1, -0.05) is 28.1 Å². The zero-order valence-corrected chi connectivity index (χ0v) is 13.1. The molecule has 0 radical (unpaired) electrons. The molecule has 1 aromatic heterocycles. The lowest BCUT2D eigenvalue weighted by Gasteiger charge is -2.08. The van der Waals surface area contributed by atoms with E-state index in [4.69, 9.17) is 0 Å². The number of halogens is 1. The van der Waals surface area contributed by atoms with Gasteiger partial charge in [-0.2, -0.15) is 0 Å². The van der Waals surface area contributed by atoms with Gasteiger partial charge in [0.05, 0.1) is 17.4 Å². The van der Waals surface area contributed by atoms with E-state index < -0.39 is 0 Å². The first kappa shape index (κ1) is 13.8. The van der Waals surface area contributed by atoms with Crippen LogP contribution in [0.25, 0.3) is 11.0 Å². The SMILES string of the molecule is Cc1cc(NC(=O)Cn2cnc3ccccc32)ccc1Br. The van der Waals surface area contributed by atoms with Crippen molar-refractivity contribution in [3.8, 4) is 0 Å². The van der Waals surface area contributed by atoms with Crippen molar-refractivity contribution in [1.82, 2.24) is 9.55 Å². The molecule has 21 heavy (non-hydrogen) atoms. The van der Waals surface area contributed by atoms with Gasteiger partial charge in [0, 0.05) is 10.2 Å². The van der Waals surface area contributed by atoms with Crippen LogP contribution in [0, 0.1) is 6.92 Å². The highest BCUT2D eigenvalue weighted by molar-refractivity contribution is 9.10. The largest absolute Gasteiger partial charge is 0.325 e. The highest BCUT2D eigenvalue weighted by atomic mass is 79.9. The standard InChI is InChI=1S/C16H14BrN3O/c1-11-8-12(6-7-13(11)17)19-16(21)9-20-10-18-14-4-2-3-5-15(14)20/h2-8,10H,9H2,1H3,(H,19,21). The Labute approximate surface area is 130 Å². The molecule has 0 bridgehead atoms. The lowest BCUT2D eigenvalue weighted by atomic mass is 10.2. The first-order chi connectivity index (χ1) is 10.1. The molecule has 0 unspecified atom stereocenters. The topological polar surface area (TPSA) is 46.9 Å². The van der Waals surface area contributed by atoms with E-state index in [1.807, 2.05) is 54.0 Å². The Morgan fingerprint density at radius 1 is 1.29 bits per heavy atom. The summed E-state index contributed by atoms with van der Waals surface area (Å²) in [5.74, 6) is -0.0696. The molecule has 0 aliphatic rings. The molecular weight excluding hydrogens is 330 g/mol. The van der Waals surface area contributed by atoms with Crippen LogP contribution in [0.2, 0.25) is 0 Å². The third-order valence-electron chi connectivity index (χ3n) is 3.28. The summed E-state index contributed by atoms with van der Waals surface area (Å²) in [6.45, 7) is 2.23. The zero-order valence-electron chi connectivity index (χ0n) is 11.5. The minimum Gasteiger partial charge on any atom is -0.325 e. The third-order valence-corrected chi connectivity index (χ3v) is 4.17. The van der Waals surface area contributed by atoms with Gasteiger partial charge in [-0.05, 0) is 42.8 Å². The number of fused-ring (bicyclic) bond motifs is 1. The Morgan fingerprint density at radius 2 is 2.10 bits per heavy atom. The molecule has 0 aliphatic heterocycles. The number of hydrogen-bond acceptors (Lipinski definition) is 2. The average molecular weight is 344 g/mol. The first-order valence-electron chi connectivity index (χ1n) is 6.59. The summed E-state index contributed by atoms with van der Waals surface area (Å²) in [5, 5.41) is 2.90. The summed E-state index contributed by atoms with van der Waals surface area (Å²) < 4.78 is 2.87. The van der Waals surface area contributed by atoms with Gasteiger partial charge in [0.15, 0.2) is 0 Å². The van der Waals surface area contributed by atoms with Crippen molar-refractivity contribution in [2.75, 3.05) is 5.32 Å². The van der Waals surface area contributed by atoms with Crippen LogP contribution in [0.4, 0.5) is 5.69 Å². The molecule has 4 nitrogen and oxygen atoms in total. The van der Waals surface area contributed by atoms with Crippen LogP contribution >= 0.6 is 15.9 Å². The van der Waals surface area contributed by atoms with E-state index >= 15 is 0 Å². The maximum atomic E-state index is 12.1. The smallest absolute Gasteiger partial charge is 0.244 e. The van der Waals surface area contributed by atoms with Crippen molar-refractivity contribution in [3.05, 3.63) is 58.8 Å². The number of rotatable bonds is 3. The Kier molecular flexibility index (Phi) is 3.75. The average Bonchev–Trinajstić information content (AvgIpc) is 2.86. The fraction of sp³-hybridized carbons (Fsp3) is 0.125. The van der Waals surface area contributed by atoms with Gasteiger partial charge >= 0.3 is 0 Å². The van der Waals surface area contributed by atoms with E-state index in [-0.39, 0.29) is 12.5 Å². The Bertz CT molecular complexity index is 810. The second kappa shape index (κ2) is 5.69. The van der Waals surface area contributed by atoms with Gasteiger partial charge in [-0.15, -0.1) is 0 Å². The van der Waals surface area contributed by atoms with Crippen LogP contribution in [-0.4, -0.2) is 15.5 Å². The van der Waals surface area contributed by atoms with E-state index in [1.165, 1.54) is 0 Å². The van der Waals surface area contributed by atoms with Gasteiger partial charge in [-0.3, -0.25) is 4.79 Å². The van der Waals surface area contributed by atoms with Gasteiger partial charge in [0.25, 0.3) is 0 Å². The molecule has 3 rings (SSSR count). The summed E-state index contributed by atoms with van der Waals surface area (Å²) in [4.78, 5) is 16.4. The quantitative estimate of drug-likeness (QED) is 0.787. The molecule has 0 saturated carbocycles. The zero-order chi connectivity index (χ0) is 14.8. The molecule has 0 fully saturated rings. The van der Waals surface area contributed by atoms with Crippen LogP contribution in [0.3, 0.4) is 0 Å². The summed E-state index contributed by atoms with van der Waals surface area (Å²) in [7, 11) is 0. The lowest BCUT2D eigenvalue weighted by molar-refractivity contribution is -0.116. The highest BCUT2D eigenvalue weighted by Gasteiger charge is 2.07. The Morgan fingerprint density at radius 3 is 2.90 bits per heavy atom.